The number of benzene rings is 3. The van der Waals surface area contributed by atoms with Gasteiger partial charge in [0.2, 0.25) is 5.91 Å². The first kappa shape index (κ1) is 19.3. The maximum Gasteiger partial charge on any atom is 0.255 e. The molecule has 2 amide bonds. The molecule has 1 fully saturated rings. The van der Waals surface area contributed by atoms with E-state index in [4.69, 9.17) is 0 Å². The van der Waals surface area contributed by atoms with Crippen molar-refractivity contribution >= 4 is 35.0 Å². The normalized spacial score (nSPS) is 16.1. The number of thioether (sulfide) groups is 1. The first-order chi connectivity index (χ1) is 14.0. The van der Waals surface area contributed by atoms with Crippen LogP contribution in [-0.2, 0) is 4.79 Å². The van der Waals surface area contributed by atoms with Crippen LogP contribution in [-0.4, -0.2) is 17.6 Å². The van der Waals surface area contributed by atoms with Gasteiger partial charge < -0.3 is 5.32 Å². The molecule has 3 aromatic carbocycles. The van der Waals surface area contributed by atoms with Crippen molar-refractivity contribution in [2.24, 2.45) is 0 Å². The van der Waals surface area contributed by atoms with Gasteiger partial charge in [-0.05, 0) is 66.9 Å². The van der Waals surface area contributed by atoms with Crippen LogP contribution in [0.4, 0.5) is 11.4 Å². The highest BCUT2D eigenvalue weighted by atomic mass is 32.2. The lowest BCUT2D eigenvalue weighted by molar-refractivity contribution is -0.115. The molecule has 1 N–H and O–H groups in total. The third kappa shape index (κ3) is 4.20. The molecule has 5 heteroatoms. The van der Waals surface area contributed by atoms with Crippen LogP contribution >= 0.6 is 11.8 Å². The average molecular weight is 403 g/mol. The summed E-state index contributed by atoms with van der Waals surface area (Å²) in [6.45, 7) is 4.08. The van der Waals surface area contributed by atoms with Crippen LogP contribution in [0.5, 0.6) is 0 Å². The van der Waals surface area contributed by atoms with Gasteiger partial charge in [-0.15, -0.1) is 11.8 Å². The predicted molar refractivity (Wildman–Crippen MR) is 119 cm³/mol. The van der Waals surface area contributed by atoms with Gasteiger partial charge in [0.1, 0.15) is 5.37 Å². The molecule has 0 radical (unpaired) electrons. The third-order valence-electron chi connectivity index (χ3n) is 4.82. The van der Waals surface area contributed by atoms with Crippen molar-refractivity contribution in [2.45, 2.75) is 19.2 Å². The van der Waals surface area contributed by atoms with E-state index in [0.717, 1.165) is 28.1 Å². The second-order valence-electron chi connectivity index (χ2n) is 7.22. The number of hydrogen-bond donors (Lipinski definition) is 1. The Labute approximate surface area is 174 Å². The molecular weight excluding hydrogens is 380 g/mol. The molecule has 146 valence electrons. The molecule has 29 heavy (non-hydrogen) atoms. The summed E-state index contributed by atoms with van der Waals surface area (Å²) in [7, 11) is 0. The summed E-state index contributed by atoms with van der Waals surface area (Å²) in [5.41, 5.74) is 5.50. The van der Waals surface area contributed by atoms with Crippen molar-refractivity contribution in [1.82, 2.24) is 0 Å². The molecule has 1 aliphatic heterocycles. The molecular formula is C24H22N2O2S. The van der Waals surface area contributed by atoms with E-state index in [2.05, 4.69) is 11.4 Å². The van der Waals surface area contributed by atoms with Crippen LogP contribution in [0, 0.1) is 13.8 Å². The highest BCUT2D eigenvalue weighted by Gasteiger charge is 2.34. The number of nitrogens with one attached hydrogen (secondary N) is 1. The Morgan fingerprint density at radius 3 is 2.41 bits per heavy atom. The molecule has 1 aliphatic rings. The highest BCUT2D eigenvalue weighted by molar-refractivity contribution is 8.00. The minimum Gasteiger partial charge on any atom is -0.322 e. The lowest BCUT2D eigenvalue weighted by Crippen LogP contribution is -2.28. The molecule has 0 aromatic heterocycles. The van der Waals surface area contributed by atoms with Gasteiger partial charge >= 0.3 is 0 Å². The van der Waals surface area contributed by atoms with Crippen molar-refractivity contribution < 1.29 is 9.59 Å². The number of amides is 2. The smallest absolute Gasteiger partial charge is 0.255 e. The SMILES string of the molecule is Cc1cc(C)cc(N2C(=O)CS[C@@H]2c2cccc(NC(=O)c3ccccc3)c2)c1. The van der Waals surface area contributed by atoms with Crippen molar-refractivity contribution in [3.63, 3.8) is 0 Å². The molecule has 0 bridgehead atoms. The first-order valence-corrected chi connectivity index (χ1v) is 10.5. The maximum atomic E-state index is 12.7. The average Bonchev–Trinajstić information content (AvgIpc) is 3.09. The van der Waals surface area contributed by atoms with E-state index in [0.29, 0.717) is 11.3 Å². The van der Waals surface area contributed by atoms with Crippen LogP contribution in [0.2, 0.25) is 0 Å². The van der Waals surface area contributed by atoms with Crippen LogP contribution in [0.25, 0.3) is 0 Å². The minimum atomic E-state index is -0.149. The van der Waals surface area contributed by atoms with E-state index in [1.165, 1.54) is 0 Å². The Hall–Kier alpha value is -3.05. The summed E-state index contributed by atoms with van der Waals surface area (Å²) in [5.74, 6) is 0.394. The Bertz CT molecular complexity index is 1050. The minimum absolute atomic E-state index is 0.101. The summed E-state index contributed by atoms with van der Waals surface area (Å²) >= 11 is 1.61. The standard InChI is InChI=1S/C24H22N2O2S/c1-16-11-17(2)13-21(12-16)26-22(27)15-29-24(26)19-9-6-10-20(14-19)25-23(28)18-7-4-3-5-8-18/h3-14,24H,15H2,1-2H3,(H,25,28)/t24-/m1/s1. The summed E-state index contributed by atoms with van der Waals surface area (Å²) < 4.78 is 0. The van der Waals surface area contributed by atoms with E-state index in [1.807, 2.05) is 73.3 Å². The van der Waals surface area contributed by atoms with Gasteiger partial charge in [-0.25, -0.2) is 0 Å². The third-order valence-corrected chi connectivity index (χ3v) is 6.03. The van der Waals surface area contributed by atoms with Crippen LogP contribution in [0.15, 0.2) is 72.8 Å². The molecule has 0 unspecified atom stereocenters. The van der Waals surface area contributed by atoms with Crippen LogP contribution < -0.4 is 10.2 Å². The van der Waals surface area contributed by atoms with E-state index in [-0.39, 0.29) is 17.2 Å². The number of nitrogens with zero attached hydrogens (tertiary/aromatic N) is 1. The Morgan fingerprint density at radius 1 is 0.966 bits per heavy atom. The maximum absolute atomic E-state index is 12.7. The lowest BCUT2D eigenvalue weighted by atomic mass is 10.1. The molecule has 4 rings (SSSR count). The monoisotopic (exact) mass is 402 g/mol. The van der Waals surface area contributed by atoms with E-state index < -0.39 is 0 Å². The van der Waals surface area contributed by atoms with Crippen molar-refractivity contribution in [3.05, 3.63) is 95.1 Å². The van der Waals surface area contributed by atoms with Gasteiger partial charge in [-0.2, -0.15) is 0 Å². The molecule has 0 aliphatic carbocycles. The molecule has 1 saturated heterocycles. The van der Waals surface area contributed by atoms with E-state index in [9.17, 15) is 9.59 Å². The van der Waals surface area contributed by atoms with Crippen molar-refractivity contribution in [3.8, 4) is 0 Å². The fourth-order valence-electron chi connectivity index (χ4n) is 3.60. The zero-order chi connectivity index (χ0) is 20.4. The van der Waals surface area contributed by atoms with Gasteiger partial charge in [0.05, 0.1) is 5.75 Å². The number of carbonyl (C=O) groups excluding carboxylic acids is 2. The molecule has 4 nitrogen and oxygen atoms in total. The second kappa shape index (κ2) is 8.13. The molecule has 1 heterocycles. The Balaban J connectivity index is 1.61. The molecule has 0 saturated carbocycles. The summed E-state index contributed by atoms with van der Waals surface area (Å²) in [4.78, 5) is 27.0. The second-order valence-corrected chi connectivity index (χ2v) is 8.29. The quantitative estimate of drug-likeness (QED) is 0.641. The van der Waals surface area contributed by atoms with Crippen molar-refractivity contribution in [2.75, 3.05) is 16.0 Å². The van der Waals surface area contributed by atoms with Crippen molar-refractivity contribution in [1.29, 1.82) is 0 Å². The molecule has 1 atom stereocenters. The lowest BCUT2D eigenvalue weighted by Gasteiger charge is -2.25. The summed E-state index contributed by atoms with van der Waals surface area (Å²) in [5, 5.41) is 2.84. The van der Waals surface area contributed by atoms with Gasteiger partial charge in [-0.3, -0.25) is 14.5 Å². The zero-order valence-electron chi connectivity index (χ0n) is 16.4. The molecule has 3 aromatic rings. The topological polar surface area (TPSA) is 49.4 Å². The number of rotatable bonds is 4. The predicted octanol–water partition coefficient (Wildman–Crippen LogP) is 5.33. The van der Waals surface area contributed by atoms with Crippen LogP contribution in [0.3, 0.4) is 0 Å². The zero-order valence-corrected chi connectivity index (χ0v) is 17.2. The number of anilines is 2. The summed E-state index contributed by atoms with van der Waals surface area (Å²) in [6, 6.07) is 23.1. The Morgan fingerprint density at radius 2 is 1.69 bits per heavy atom. The van der Waals surface area contributed by atoms with Gasteiger partial charge in [0.15, 0.2) is 0 Å². The number of carbonyl (C=O) groups is 2. The Kier molecular flexibility index (Phi) is 5.41. The highest BCUT2D eigenvalue weighted by Crippen LogP contribution is 2.42. The fourth-order valence-corrected chi connectivity index (χ4v) is 4.77. The molecule has 0 spiro atoms. The van der Waals surface area contributed by atoms with Crippen LogP contribution in [0.1, 0.15) is 32.4 Å². The summed E-state index contributed by atoms with van der Waals surface area (Å²) in [6.07, 6.45) is 0. The fraction of sp³-hybridized carbons (Fsp3) is 0.167. The van der Waals surface area contributed by atoms with Gasteiger partial charge in [0.25, 0.3) is 5.91 Å². The van der Waals surface area contributed by atoms with Gasteiger partial charge in [-0.1, -0.05) is 36.4 Å². The number of hydrogen-bond acceptors (Lipinski definition) is 3. The first-order valence-electron chi connectivity index (χ1n) is 9.49. The van der Waals surface area contributed by atoms with Gasteiger partial charge in [0, 0.05) is 16.9 Å². The largest absolute Gasteiger partial charge is 0.322 e. The van der Waals surface area contributed by atoms with E-state index >= 15 is 0 Å². The number of aryl methyl sites for hydroxylation is 2. The van der Waals surface area contributed by atoms with E-state index in [1.54, 1.807) is 23.9 Å².